The van der Waals surface area contributed by atoms with E-state index in [0.717, 1.165) is 47.9 Å². The quantitative estimate of drug-likeness (QED) is 0.572. The number of halogens is 1. The van der Waals surface area contributed by atoms with E-state index in [2.05, 4.69) is 30.8 Å². The third kappa shape index (κ3) is 3.97. The molecule has 2 aliphatic rings. The number of likely N-dealkylation sites (tertiary alicyclic amines) is 1. The molecule has 1 aromatic rings. The summed E-state index contributed by atoms with van der Waals surface area (Å²) in [7, 11) is 0. The fourth-order valence-electron chi connectivity index (χ4n) is 2.97. The third-order valence-electron chi connectivity index (χ3n) is 4.20. The van der Waals surface area contributed by atoms with Gasteiger partial charge in [-0.2, -0.15) is 0 Å². The molecule has 1 unspecified atom stereocenters. The molecule has 2 saturated heterocycles. The molecule has 0 aromatic carbocycles. The van der Waals surface area contributed by atoms with Gasteiger partial charge in [0.25, 0.3) is 5.91 Å². The van der Waals surface area contributed by atoms with E-state index >= 15 is 0 Å². The number of aromatic nitrogens is 2. The Kier molecular flexibility index (Phi) is 5.76. The van der Waals surface area contributed by atoms with E-state index in [9.17, 15) is 4.79 Å². The van der Waals surface area contributed by atoms with E-state index in [1.807, 2.05) is 11.2 Å². The van der Waals surface area contributed by atoms with Crippen molar-refractivity contribution in [2.75, 3.05) is 43.9 Å². The molecule has 0 bridgehead atoms. The van der Waals surface area contributed by atoms with Crippen LogP contribution in [0.1, 0.15) is 19.3 Å². The fraction of sp³-hybridized carbons (Fsp3) is 0.667. The van der Waals surface area contributed by atoms with Crippen LogP contribution in [0.15, 0.2) is 15.8 Å². The summed E-state index contributed by atoms with van der Waals surface area (Å²) in [4.78, 5) is 25.5. The van der Waals surface area contributed by atoms with Gasteiger partial charge >= 0.3 is 0 Å². The van der Waals surface area contributed by atoms with Crippen molar-refractivity contribution in [3.05, 3.63) is 10.7 Å². The Hall–Kier alpha value is -0.860. The minimum atomic E-state index is -0.401. The Morgan fingerprint density at radius 2 is 2.13 bits per heavy atom. The van der Waals surface area contributed by atoms with Crippen molar-refractivity contribution < 1.29 is 9.53 Å². The largest absolute Gasteiger partial charge is 0.365 e. The number of piperidine rings is 1. The molecular formula is C15H21BrN4O2S. The van der Waals surface area contributed by atoms with Gasteiger partial charge in [0.05, 0.1) is 17.6 Å². The first-order valence-corrected chi connectivity index (χ1v) is 9.92. The van der Waals surface area contributed by atoms with E-state index in [-0.39, 0.29) is 5.91 Å². The maximum atomic E-state index is 12.7. The van der Waals surface area contributed by atoms with Crippen molar-refractivity contribution in [1.29, 1.82) is 0 Å². The second-order valence-electron chi connectivity index (χ2n) is 5.72. The lowest BCUT2D eigenvalue weighted by Crippen LogP contribution is -2.52. The molecular weight excluding hydrogens is 380 g/mol. The number of carbonyl (C=O) groups excluding carboxylic acids is 1. The first-order valence-electron chi connectivity index (χ1n) is 7.91. The number of thioether (sulfide) groups is 1. The Labute approximate surface area is 149 Å². The van der Waals surface area contributed by atoms with Crippen molar-refractivity contribution in [3.63, 3.8) is 0 Å². The standard InChI is InChI=1S/C15H21BrN4O2S/c1-23-15-17-9-11(16)13(18-15)20-7-8-22-12(10-20)14(21)19-5-3-2-4-6-19/h9,12H,2-8,10H2,1H3. The molecule has 1 atom stereocenters. The van der Waals surface area contributed by atoms with E-state index in [1.165, 1.54) is 18.2 Å². The summed E-state index contributed by atoms with van der Waals surface area (Å²) in [6, 6.07) is 0. The van der Waals surface area contributed by atoms with Gasteiger partial charge in [-0.05, 0) is 41.4 Å². The van der Waals surface area contributed by atoms with Gasteiger partial charge in [-0.15, -0.1) is 0 Å². The Balaban J connectivity index is 1.71. The first kappa shape index (κ1) is 17.0. The van der Waals surface area contributed by atoms with Crippen molar-refractivity contribution in [3.8, 4) is 0 Å². The van der Waals surface area contributed by atoms with Crippen LogP contribution in [0.5, 0.6) is 0 Å². The lowest BCUT2D eigenvalue weighted by molar-refractivity contribution is -0.145. The molecule has 2 fully saturated rings. The summed E-state index contributed by atoms with van der Waals surface area (Å²) in [5.41, 5.74) is 0. The van der Waals surface area contributed by atoms with Crippen molar-refractivity contribution in [2.45, 2.75) is 30.5 Å². The normalized spacial score (nSPS) is 22.3. The van der Waals surface area contributed by atoms with Crippen LogP contribution in [-0.4, -0.2) is 65.9 Å². The highest BCUT2D eigenvalue weighted by molar-refractivity contribution is 9.10. The number of nitrogens with zero attached hydrogens (tertiary/aromatic N) is 4. The molecule has 0 saturated carbocycles. The van der Waals surface area contributed by atoms with Crippen LogP contribution in [0.4, 0.5) is 5.82 Å². The number of hydrogen-bond donors (Lipinski definition) is 0. The molecule has 0 radical (unpaired) electrons. The van der Waals surface area contributed by atoms with Crippen LogP contribution >= 0.6 is 27.7 Å². The Morgan fingerprint density at radius 3 is 2.87 bits per heavy atom. The van der Waals surface area contributed by atoms with Gasteiger partial charge in [-0.25, -0.2) is 9.97 Å². The molecule has 8 heteroatoms. The number of rotatable bonds is 3. The minimum Gasteiger partial charge on any atom is -0.365 e. The summed E-state index contributed by atoms with van der Waals surface area (Å²) in [6.45, 7) is 3.51. The molecule has 23 heavy (non-hydrogen) atoms. The second kappa shape index (κ2) is 7.81. The van der Waals surface area contributed by atoms with Crippen LogP contribution in [0, 0.1) is 0 Å². The minimum absolute atomic E-state index is 0.115. The Bertz CT molecular complexity index is 568. The molecule has 0 aliphatic carbocycles. The van der Waals surface area contributed by atoms with E-state index < -0.39 is 6.10 Å². The monoisotopic (exact) mass is 400 g/mol. The highest BCUT2D eigenvalue weighted by Crippen LogP contribution is 2.27. The molecule has 3 rings (SSSR count). The topological polar surface area (TPSA) is 58.6 Å². The van der Waals surface area contributed by atoms with Gasteiger partial charge in [-0.1, -0.05) is 11.8 Å². The summed E-state index contributed by atoms with van der Waals surface area (Å²) in [5, 5.41) is 0.730. The summed E-state index contributed by atoms with van der Waals surface area (Å²) >= 11 is 5.03. The maximum absolute atomic E-state index is 12.7. The summed E-state index contributed by atoms with van der Waals surface area (Å²) in [5.74, 6) is 0.953. The molecule has 3 heterocycles. The molecule has 6 nitrogen and oxygen atoms in total. The molecule has 0 N–H and O–H groups in total. The van der Waals surface area contributed by atoms with Gasteiger partial charge < -0.3 is 14.5 Å². The van der Waals surface area contributed by atoms with Crippen LogP contribution < -0.4 is 4.90 Å². The number of hydrogen-bond acceptors (Lipinski definition) is 6. The van der Waals surface area contributed by atoms with Crippen LogP contribution in [0.2, 0.25) is 0 Å². The zero-order valence-electron chi connectivity index (χ0n) is 13.2. The lowest BCUT2D eigenvalue weighted by atomic mass is 10.1. The molecule has 1 amide bonds. The molecule has 1 aromatic heterocycles. The average Bonchev–Trinajstić information content (AvgIpc) is 2.62. The van der Waals surface area contributed by atoms with Gasteiger partial charge in [0.1, 0.15) is 5.82 Å². The summed E-state index contributed by atoms with van der Waals surface area (Å²) < 4.78 is 6.59. The zero-order chi connectivity index (χ0) is 16.2. The molecule has 2 aliphatic heterocycles. The summed E-state index contributed by atoms with van der Waals surface area (Å²) in [6.07, 6.45) is 6.72. The van der Waals surface area contributed by atoms with Gasteiger partial charge in [0, 0.05) is 25.8 Å². The van der Waals surface area contributed by atoms with Crippen LogP contribution in [0.25, 0.3) is 0 Å². The number of carbonyl (C=O) groups is 1. The van der Waals surface area contributed by atoms with Gasteiger partial charge in [0.15, 0.2) is 11.3 Å². The smallest absolute Gasteiger partial charge is 0.253 e. The van der Waals surface area contributed by atoms with Crippen molar-refractivity contribution in [2.24, 2.45) is 0 Å². The first-order chi connectivity index (χ1) is 11.2. The molecule has 126 valence electrons. The number of morpholine rings is 1. The van der Waals surface area contributed by atoms with Crippen LogP contribution in [0.3, 0.4) is 0 Å². The predicted octanol–water partition coefficient (Wildman–Crippen LogP) is 2.18. The maximum Gasteiger partial charge on any atom is 0.253 e. The zero-order valence-corrected chi connectivity index (χ0v) is 15.6. The fourth-order valence-corrected chi connectivity index (χ4v) is 3.75. The van der Waals surface area contributed by atoms with E-state index in [0.29, 0.717) is 13.2 Å². The Morgan fingerprint density at radius 1 is 1.35 bits per heavy atom. The van der Waals surface area contributed by atoms with Crippen molar-refractivity contribution in [1.82, 2.24) is 14.9 Å². The average molecular weight is 401 g/mol. The highest BCUT2D eigenvalue weighted by Gasteiger charge is 2.32. The van der Waals surface area contributed by atoms with E-state index in [1.54, 1.807) is 6.20 Å². The highest BCUT2D eigenvalue weighted by atomic mass is 79.9. The predicted molar refractivity (Wildman–Crippen MR) is 93.9 cm³/mol. The molecule has 0 spiro atoms. The second-order valence-corrected chi connectivity index (χ2v) is 7.35. The lowest BCUT2D eigenvalue weighted by Gasteiger charge is -2.37. The number of anilines is 1. The third-order valence-corrected chi connectivity index (χ3v) is 5.32. The van der Waals surface area contributed by atoms with Crippen LogP contribution in [-0.2, 0) is 9.53 Å². The number of amides is 1. The van der Waals surface area contributed by atoms with E-state index in [4.69, 9.17) is 4.74 Å². The van der Waals surface area contributed by atoms with Gasteiger partial charge in [-0.3, -0.25) is 4.79 Å². The SMILES string of the molecule is CSc1ncc(Br)c(N2CCOC(C(=O)N3CCCCC3)C2)n1. The van der Waals surface area contributed by atoms with Crippen molar-refractivity contribution >= 4 is 39.4 Å². The van der Waals surface area contributed by atoms with Gasteiger partial charge in [0.2, 0.25) is 0 Å². The number of ether oxygens (including phenoxy) is 1.